The molecule has 0 fully saturated rings. The van der Waals surface area contributed by atoms with Gasteiger partial charge in [-0.05, 0) is 17.7 Å². The monoisotopic (exact) mass is 255 g/mol. The van der Waals surface area contributed by atoms with Crippen molar-refractivity contribution in [1.82, 2.24) is 15.5 Å². The minimum atomic E-state index is -0.400. The molecule has 0 aliphatic heterocycles. The van der Waals surface area contributed by atoms with Gasteiger partial charge in [-0.3, -0.25) is 0 Å². The Morgan fingerprint density at radius 2 is 2.29 bits per heavy atom. The van der Waals surface area contributed by atoms with Crippen molar-refractivity contribution in [2.24, 2.45) is 0 Å². The molecule has 0 unspecified atom stereocenters. The molecule has 0 saturated carbocycles. The van der Waals surface area contributed by atoms with E-state index in [1.807, 2.05) is 0 Å². The van der Waals surface area contributed by atoms with Crippen molar-refractivity contribution < 1.29 is 8.91 Å². The fourth-order valence-electron chi connectivity index (χ4n) is 1.38. The van der Waals surface area contributed by atoms with Gasteiger partial charge in [0.25, 0.3) is 0 Å². The van der Waals surface area contributed by atoms with Crippen LogP contribution in [0.25, 0.3) is 0 Å². The van der Waals surface area contributed by atoms with Gasteiger partial charge in [0.1, 0.15) is 5.82 Å². The Hall–Kier alpha value is -1.46. The van der Waals surface area contributed by atoms with E-state index in [4.69, 9.17) is 16.1 Å². The lowest BCUT2D eigenvalue weighted by atomic mass is 10.2. The molecule has 0 saturated heterocycles. The predicted octanol–water partition coefficient (Wildman–Crippen LogP) is 2.19. The zero-order chi connectivity index (χ0) is 12.1. The molecule has 17 heavy (non-hydrogen) atoms. The van der Waals surface area contributed by atoms with Gasteiger partial charge >= 0.3 is 0 Å². The third-order valence-electron chi connectivity index (χ3n) is 2.24. The van der Waals surface area contributed by atoms with E-state index in [2.05, 4.69) is 15.5 Å². The van der Waals surface area contributed by atoms with Crippen LogP contribution in [0, 0.1) is 5.82 Å². The van der Waals surface area contributed by atoms with Gasteiger partial charge in [0, 0.05) is 19.5 Å². The first-order chi connectivity index (χ1) is 8.25. The van der Waals surface area contributed by atoms with Crippen LogP contribution in [-0.2, 0) is 13.0 Å². The summed E-state index contributed by atoms with van der Waals surface area (Å²) in [6.07, 6.45) is 2.01. The minimum Gasteiger partial charge on any atom is -0.340 e. The van der Waals surface area contributed by atoms with Crippen LogP contribution in [0.15, 0.2) is 29.0 Å². The van der Waals surface area contributed by atoms with E-state index in [1.165, 1.54) is 12.4 Å². The fourth-order valence-corrected chi connectivity index (χ4v) is 1.50. The van der Waals surface area contributed by atoms with E-state index in [-0.39, 0.29) is 5.02 Å². The molecule has 0 radical (unpaired) electrons. The van der Waals surface area contributed by atoms with Crippen LogP contribution in [0.1, 0.15) is 11.5 Å². The molecule has 1 N–H and O–H groups in total. The topological polar surface area (TPSA) is 51.0 Å². The highest BCUT2D eigenvalue weighted by atomic mass is 35.5. The van der Waals surface area contributed by atoms with E-state index in [0.29, 0.717) is 25.4 Å². The molecule has 0 amide bonds. The van der Waals surface area contributed by atoms with Gasteiger partial charge in [0.15, 0.2) is 6.33 Å². The molecule has 1 aromatic heterocycles. The average Bonchev–Trinajstić information content (AvgIpc) is 2.82. The summed E-state index contributed by atoms with van der Waals surface area (Å²) in [7, 11) is 0. The minimum absolute atomic E-state index is 0.139. The summed E-state index contributed by atoms with van der Waals surface area (Å²) in [5, 5.41) is 6.79. The largest absolute Gasteiger partial charge is 0.340 e. The Bertz CT molecular complexity index is 476. The van der Waals surface area contributed by atoms with Gasteiger partial charge in [0.05, 0.1) is 5.02 Å². The van der Waals surface area contributed by atoms with Gasteiger partial charge in [-0.15, -0.1) is 0 Å². The number of rotatable bonds is 5. The van der Waals surface area contributed by atoms with E-state index in [0.717, 1.165) is 5.56 Å². The number of halogens is 2. The summed E-state index contributed by atoms with van der Waals surface area (Å²) in [5.41, 5.74) is 0.845. The van der Waals surface area contributed by atoms with Crippen molar-refractivity contribution in [3.8, 4) is 0 Å². The quantitative estimate of drug-likeness (QED) is 0.832. The molecule has 0 aliphatic carbocycles. The van der Waals surface area contributed by atoms with E-state index in [9.17, 15) is 4.39 Å². The molecule has 4 nitrogen and oxygen atoms in total. The first-order valence-electron chi connectivity index (χ1n) is 5.16. The van der Waals surface area contributed by atoms with Crippen molar-refractivity contribution >= 4 is 11.6 Å². The molecule has 2 aromatic rings. The van der Waals surface area contributed by atoms with Crippen LogP contribution in [0.3, 0.4) is 0 Å². The molecule has 6 heteroatoms. The Morgan fingerprint density at radius 3 is 3.00 bits per heavy atom. The smallest absolute Gasteiger partial charge is 0.227 e. The van der Waals surface area contributed by atoms with Crippen LogP contribution < -0.4 is 5.32 Å². The normalized spacial score (nSPS) is 10.7. The molecule has 2 rings (SSSR count). The molecular formula is C11H11ClFN3O. The first kappa shape index (κ1) is 12.0. The third kappa shape index (κ3) is 3.51. The van der Waals surface area contributed by atoms with Crippen molar-refractivity contribution in [2.45, 2.75) is 13.0 Å². The lowest BCUT2D eigenvalue weighted by Crippen LogP contribution is -2.16. The second-order valence-corrected chi connectivity index (χ2v) is 3.92. The van der Waals surface area contributed by atoms with E-state index in [1.54, 1.807) is 12.1 Å². The Balaban J connectivity index is 1.76. The van der Waals surface area contributed by atoms with Crippen molar-refractivity contribution in [1.29, 1.82) is 0 Å². The SMILES string of the molecule is Fc1cc(CNCCc2ncno2)ccc1Cl. The highest BCUT2D eigenvalue weighted by Gasteiger charge is 2.01. The number of nitrogens with one attached hydrogen (secondary N) is 1. The summed E-state index contributed by atoms with van der Waals surface area (Å²) in [6.45, 7) is 1.26. The zero-order valence-electron chi connectivity index (χ0n) is 8.99. The maximum atomic E-state index is 13.1. The van der Waals surface area contributed by atoms with Crippen LogP contribution in [0.5, 0.6) is 0 Å². The summed E-state index contributed by atoms with van der Waals surface area (Å²) < 4.78 is 18.0. The summed E-state index contributed by atoms with van der Waals surface area (Å²) in [5.74, 6) is 0.183. The van der Waals surface area contributed by atoms with Crippen molar-refractivity contribution in [2.75, 3.05) is 6.54 Å². The number of benzene rings is 1. The first-order valence-corrected chi connectivity index (χ1v) is 5.53. The summed E-state index contributed by atoms with van der Waals surface area (Å²) >= 11 is 5.59. The Morgan fingerprint density at radius 1 is 1.41 bits per heavy atom. The summed E-state index contributed by atoms with van der Waals surface area (Å²) in [4.78, 5) is 3.89. The van der Waals surface area contributed by atoms with E-state index < -0.39 is 5.82 Å². The molecule has 0 aliphatic rings. The number of aromatic nitrogens is 2. The van der Waals surface area contributed by atoms with Crippen LogP contribution >= 0.6 is 11.6 Å². The van der Waals surface area contributed by atoms with Gasteiger partial charge in [-0.25, -0.2) is 4.39 Å². The molecular weight excluding hydrogens is 245 g/mol. The maximum absolute atomic E-state index is 13.1. The Kier molecular flexibility index (Phi) is 4.06. The maximum Gasteiger partial charge on any atom is 0.227 e. The number of hydrogen-bond acceptors (Lipinski definition) is 4. The molecule has 1 aromatic carbocycles. The van der Waals surface area contributed by atoms with Gasteiger partial charge in [-0.2, -0.15) is 4.98 Å². The predicted molar refractivity (Wildman–Crippen MR) is 61.1 cm³/mol. The van der Waals surface area contributed by atoms with Crippen LogP contribution in [0.2, 0.25) is 5.02 Å². The standard InChI is InChI=1S/C11H11ClFN3O/c12-9-2-1-8(5-10(9)13)6-14-4-3-11-15-7-16-17-11/h1-2,5,7,14H,3-4,6H2. The highest BCUT2D eigenvalue weighted by Crippen LogP contribution is 2.15. The molecule has 0 atom stereocenters. The molecule has 90 valence electrons. The van der Waals surface area contributed by atoms with Gasteiger partial charge < -0.3 is 9.84 Å². The second kappa shape index (κ2) is 5.75. The lowest BCUT2D eigenvalue weighted by molar-refractivity contribution is 0.375. The van der Waals surface area contributed by atoms with Gasteiger partial charge in [0.2, 0.25) is 5.89 Å². The van der Waals surface area contributed by atoms with E-state index >= 15 is 0 Å². The van der Waals surface area contributed by atoms with Crippen molar-refractivity contribution in [3.05, 3.63) is 46.8 Å². The molecule has 1 heterocycles. The zero-order valence-corrected chi connectivity index (χ0v) is 9.75. The lowest BCUT2D eigenvalue weighted by Gasteiger charge is -2.04. The highest BCUT2D eigenvalue weighted by molar-refractivity contribution is 6.30. The number of nitrogens with zero attached hydrogens (tertiary/aromatic N) is 2. The molecule has 0 spiro atoms. The summed E-state index contributed by atoms with van der Waals surface area (Å²) in [6, 6.07) is 4.75. The Labute approximate surface area is 103 Å². The van der Waals surface area contributed by atoms with Crippen molar-refractivity contribution in [3.63, 3.8) is 0 Å². The second-order valence-electron chi connectivity index (χ2n) is 3.51. The third-order valence-corrected chi connectivity index (χ3v) is 2.54. The van der Waals surface area contributed by atoms with Crippen LogP contribution in [0.4, 0.5) is 4.39 Å². The van der Waals surface area contributed by atoms with Gasteiger partial charge in [-0.1, -0.05) is 22.8 Å². The fraction of sp³-hybridized carbons (Fsp3) is 0.273. The number of hydrogen-bond donors (Lipinski definition) is 1. The molecule has 0 bridgehead atoms. The average molecular weight is 256 g/mol. The van der Waals surface area contributed by atoms with Crippen LogP contribution in [-0.4, -0.2) is 16.7 Å².